The zero-order chi connectivity index (χ0) is 14.7. The Morgan fingerprint density at radius 1 is 1.19 bits per heavy atom. The van der Waals surface area contributed by atoms with Crippen molar-refractivity contribution in [3.05, 3.63) is 41.7 Å². The Labute approximate surface area is 124 Å². The van der Waals surface area contributed by atoms with Crippen molar-refractivity contribution in [2.45, 2.75) is 26.2 Å². The molecule has 1 aliphatic heterocycles. The fourth-order valence-corrected chi connectivity index (χ4v) is 2.64. The first kappa shape index (κ1) is 13.7. The smallest absolute Gasteiger partial charge is 0.276 e. The summed E-state index contributed by atoms with van der Waals surface area (Å²) in [6.45, 7) is 4.12. The molecule has 0 unspecified atom stereocenters. The number of aromatic nitrogens is 2. The molecule has 0 bridgehead atoms. The molecule has 0 atom stereocenters. The Bertz CT molecular complexity index is 611. The highest BCUT2D eigenvalue weighted by molar-refractivity contribution is 6.02. The first-order chi connectivity index (χ1) is 10.2. The fraction of sp³-hybridized carbons (Fsp3) is 0.375. The number of nitrogens with one attached hydrogen (secondary N) is 2. The number of piperidine rings is 1. The van der Waals surface area contributed by atoms with Crippen LogP contribution in [0.4, 0.5) is 11.4 Å². The first-order valence-electron chi connectivity index (χ1n) is 7.41. The molecule has 2 N–H and O–H groups in total. The maximum atomic E-state index is 12.0. The fourth-order valence-electron chi connectivity index (χ4n) is 2.64. The lowest BCUT2D eigenvalue weighted by molar-refractivity contribution is 0.102. The number of aryl methyl sites for hydroxylation is 1. The highest BCUT2D eigenvalue weighted by Gasteiger charge is 2.12. The lowest BCUT2D eigenvalue weighted by Gasteiger charge is -2.28. The topological polar surface area (TPSA) is 61.0 Å². The van der Waals surface area contributed by atoms with Crippen molar-refractivity contribution in [3.63, 3.8) is 0 Å². The molecule has 3 rings (SSSR count). The van der Waals surface area contributed by atoms with Gasteiger partial charge in [-0.25, -0.2) is 0 Å². The summed E-state index contributed by atoms with van der Waals surface area (Å²) in [6.07, 6.45) is 3.85. The number of aromatic amines is 1. The Hall–Kier alpha value is -2.30. The number of hydrogen-bond donors (Lipinski definition) is 2. The van der Waals surface area contributed by atoms with E-state index in [0.29, 0.717) is 5.69 Å². The quantitative estimate of drug-likeness (QED) is 0.911. The standard InChI is InChI=1S/C16H20N4O/c1-12-11-15(19-18-12)16(21)17-13-5-7-14(8-6-13)20-9-3-2-4-10-20/h5-8,11H,2-4,9-10H2,1H3,(H,17,21)(H,18,19). The maximum absolute atomic E-state index is 12.0. The first-order valence-corrected chi connectivity index (χ1v) is 7.41. The van der Waals surface area contributed by atoms with Crippen LogP contribution in [0.5, 0.6) is 0 Å². The van der Waals surface area contributed by atoms with Gasteiger partial charge in [-0.1, -0.05) is 0 Å². The second kappa shape index (κ2) is 5.99. The highest BCUT2D eigenvalue weighted by atomic mass is 16.1. The Morgan fingerprint density at radius 3 is 2.52 bits per heavy atom. The molecule has 5 nitrogen and oxygen atoms in total. The lowest BCUT2D eigenvalue weighted by Crippen LogP contribution is -2.29. The summed E-state index contributed by atoms with van der Waals surface area (Å²) in [6, 6.07) is 9.76. The summed E-state index contributed by atoms with van der Waals surface area (Å²) < 4.78 is 0. The molecule has 21 heavy (non-hydrogen) atoms. The van der Waals surface area contributed by atoms with Gasteiger partial charge in [0.1, 0.15) is 0 Å². The molecule has 110 valence electrons. The molecule has 1 saturated heterocycles. The number of H-pyrrole nitrogens is 1. The van der Waals surface area contributed by atoms with Gasteiger partial charge in [0.25, 0.3) is 5.91 Å². The molecule has 1 amide bonds. The van der Waals surface area contributed by atoms with E-state index in [1.54, 1.807) is 6.07 Å². The Morgan fingerprint density at radius 2 is 1.90 bits per heavy atom. The van der Waals surface area contributed by atoms with E-state index in [4.69, 9.17) is 0 Å². The van der Waals surface area contributed by atoms with E-state index in [2.05, 4.69) is 32.5 Å². The largest absolute Gasteiger partial charge is 0.372 e. The summed E-state index contributed by atoms with van der Waals surface area (Å²) >= 11 is 0. The molecule has 1 aliphatic rings. The third-order valence-electron chi connectivity index (χ3n) is 3.78. The molecule has 1 aromatic carbocycles. The van der Waals surface area contributed by atoms with Gasteiger partial charge in [0, 0.05) is 30.2 Å². The molecule has 0 radical (unpaired) electrons. The number of rotatable bonds is 3. The second-order valence-corrected chi connectivity index (χ2v) is 5.48. The zero-order valence-electron chi connectivity index (χ0n) is 12.2. The van der Waals surface area contributed by atoms with Gasteiger partial charge in [-0.05, 0) is 56.5 Å². The number of anilines is 2. The van der Waals surface area contributed by atoms with E-state index < -0.39 is 0 Å². The van der Waals surface area contributed by atoms with Crippen LogP contribution < -0.4 is 10.2 Å². The van der Waals surface area contributed by atoms with Crippen LogP contribution in [-0.2, 0) is 0 Å². The van der Waals surface area contributed by atoms with Gasteiger partial charge in [0.15, 0.2) is 5.69 Å². The minimum atomic E-state index is -0.190. The summed E-state index contributed by atoms with van der Waals surface area (Å²) in [5.74, 6) is -0.190. The zero-order valence-corrected chi connectivity index (χ0v) is 12.2. The van der Waals surface area contributed by atoms with Crippen LogP contribution in [0, 0.1) is 6.92 Å². The van der Waals surface area contributed by atoms with Gasteiger partial charge >= 0.3 is 0 Å². The average molecular weight is 284 g/mol. The van der Waals surface area contributed by atoms with Gasteiger partial charge in [-0.2, -0.15) is 5.10 Å². The normalized spacial score (nSPS) is 15.0. The van der Waals surface area contributed by atoms with Crippen LogP contribution in [-0.4, -0.2) is 29.2 Å². The predicted molar refractivity (Wildman–Crippen MR) is 83.8 cm³/mol. The van der Waals surface area contributed by atoms with Crippen LogP contribution in [0.3, 0.4) is 0 Å². The van der Waals surface area contributed by atoms with Crippen molar-refractivity contribution in [2.24, 2.45) is 0 Å². The third-order valence-corrected chi connectivity index (χ3v) is 3.78. The average Bonchev–Trinajstić information content (AvgIpc) is 2.96. The number of nitrogens with zero attached hydrogens (tertiary/aromatic N) is 2. The minimum absolute atomic E-state index is 0.190. The number of carbonyl (C=O) groups excluding carboxylic acids is 1. The van der Waals surface area contributed by atoms with Crippen molar-refractivity contribution in [2.75, 3.05) is 23.3 Å². The van der Waals surface area contributed by atoms with E-state index in [9.17, 15) is 4.79 Å². The second-order valence-electron chi connectivity index (χ2n) is 5.48. The molecule has 2 heterocycles. The molecular formula is C16H20N4O. The van der Waals surface area contributed by atoms with Crippen LogP contribution in [0.2, 0.25) is 0 Å². The van der Waals surface area contributed by atoms with E-state index in [1.807, 2.05) is 19.1 Å². The highest BCUT2D eigenvalue weighted by Crippen LogP contribution is 2.22. The monoisotopic (exact) mass is 284 g/mol. The lowest BCUT2D eigenvalue weighted by atomic mass is 10.1. The summed E-state index contributed by atoms with van der Waals surface area (Å²) in [5, 5.41) is 9.59. The maximum Gasteiger partial charge on any atom is 0.276 e. The molecule has 2 aromatic rings. The Kier molecular flexibility index (Phi) is 3.90. The van der Waals surface area contributed by atoms with Crippen molar-refractivity contribution in [3.8, 4) is 0 Å². The van der Waals surface area contributed by atoms with Gasteiger partial charge in [-0.15, -0.1) is 0 Å². The van der Waals surface area contributed by atoms with Crippen LogP contribution >= 0.6 is 0 Å². The van der Waals surface area contributed by atoms with Crippen molar-refractivity contribution in [1.82, 2.24) is 10.2 Å². The van der Waals surface area contributed by atoms with Gasteiger partial charge in [-0.3, -0.25) is 9.89 Å². The van der Waals surface area contributed by atoms with Crippen LogP contribution in [0.15, 0.2) is 30.3 Å². The SMILES string of the molecule is Cc1cc(C(=O)Nc2ccc(N3CCCCC3)cc2)n[nH]1. The third kappa shape index (κ3) is 3.24. The van der Waals surface area contributed by atoms with Crippen LogP contribution in [0.1, 0.15) is 35.4 Å². The van der Waals surface area contributed by atoms with Crippen LogP contribution in [0.25, 0.3) is 0 Å². The van der Waals surface area contributed by atoms with Gasteiger partial charge < -0.3 is 10.2 Å². The summed E-state index contributed by atoms with van der Waals surface area (Å²) in [7, 11) is 0. The molecule has 0 spiro atoms. The van der Waals surface area contributed by atoms with Gasteiger partial charge in [0.2, 0.25) is 0 Å². The minimum Gasteiger partial charge on any atom is -0.372 e. The molecule has 5 heteroatoms. The van der Waals surface area contributed by atoms with E-state index >= 15 is 0 Å². The van der Waals surface area contributed by atoms with Crippen molar-refractivity contribution in [1.29, 1.82) is 0 Å². The summed E-state index contributed by atoms with van der Waals surface area (Å²) in [4.78, 5) is 14.4. The Balaban J connectivity index is 1.65. The number of benzene rings is 1. The number of carbonyl (C=O) groups is 1. The number of hydrogen-bond acceptors (Lipinski definition) is 3. The van der Waals surface area contributed by atoms with E-state index in [1.165, 1.54) is 24.9 Å². The molecule has 1 fully saturated rings. The van der Waals surface area contributed by atoms with Crippen molar-refractivity contribution < 1.29 is 4.79 Å². The molecular weight excluding hydrogens is 264 g/mol. The number of amides is 1. The molecule has 0 aliphatic carbocycles. The van der Waals surface area contributed by atoms with E-state index in [0.717, 1.165) is 24.5 Å². The molecule has 1 aromatic heterocycles. The molecule has 0 saturated carbocycles. The van der Waals surface area contributed by atoms with Crippen molar-refractivity contribution >= 4 is 17.3 Å². The summed E-state index contributed by atoms with van der Waals surface area (Å²) in [5.41, 5.74) is 3.30. The van der Waals surface area contributed by atoms with E-state index in [-0.39, 0.29) is 5.91 Å². The van der Waals surface area contributed by atoms with Gasteiger partial charge in [0.05, 0.1) is 0 Å². The predicted octanol–water partition coefficient (Wildman–Crippen LogP) is 2.96.